The monoisotopic (exact) mass is 916 g/mol. The van der Waals surface area contributed by atoms with E-state index < -0.39 is 17.7 Å². The molecule has 4 aromatic carbocycles. The van der Waals surface area contributed by atoms with Crippen molar-refractivity contribution >= 4 is 41.0 Å². The summed E-state index contributed by atoms with van der Waals surface area (Å²) in [6.45, 7) is 21.2. The summed E-state index contributed by atoms with van der Waals surface area (Å²) in [6.07, 6.45) is -0.334. The number of amidine groups is 2. The summed E-state index contributed by atoms with van der Waals surface area (Å²) in [4.78, 5) is 42.8. The van der Waals surface area contributed by atoms with Crippen molar-refractivity contribution in [1.29, 1.82) is 0 Å². The van der Waals surface area contributed by atoms with Crippen molar-refractivity contribution in [2.45, 2.75) is 91.8 Å². The highest BCUT2D eigenvalue weighted by molar-refractivity contribution is 6.10. The van der Waals surface area contributed by atoms with E-state index >= 15 is 4.39 Å². The molecule has 67 heavy (non-hydrogen) atoms. The fraction of sp³-hybridized carbons (Fsp3) is 0.431. The second-order valence-corrected chi connectivity index (χ2v) is 20.1. The highest BCUT2D eigenvalue weighted by Gasteiger charge is 2.48. The molecule has 0 aromatic heterocycles. The predicted octanol–water partition coefficient (Wildman–Crippen LogP) is 8.12. The number of amides is 3. The van der Waals surface area contributed by atoms with E-state index in [-0.39, 0.29) is 65.4 Å². The molecule has 0 spiro atoms. The van der Waals surface area contributed by atoms with Gasteiger partial charge in [-0.25, -0.2) is 24.4 Å². The molecule has 2 fully saturated rings. The van der Waals surface area contributed by atoms with E-state index in [9.17, 15) is 18.8 Å². The quantitative estimate of drug-likeness (QED) is 0.174. The van der Waals surface area contributed by atoms with Crippen LogP contribution >= 0.6 is 0 Å². The Kier molecular flexibility index (Phi) is 11.5. The maximum absolute atomic E-state index is 15.1. The fourth-order valence-electron chi connectivity index (χ4n) is 9.85. The van der Waals surface area contributed by atoms with Gasteiger partial charge in [-0.1, -0.05) is 64.1 Å². The number of benzene rings is 4. The molecule has 10 rings (SSSR count). The highest BCUT2D eigenvalue weighted by Crippen LogP contribution is 2.51. The lowest BCUT2D eigenvalue weighted by molar-refractivity contribution is -0.123. The van der Waals surface area contributed by atoms with E-state index in [2.05, 4.69) is 60.1 Å². The molecule has 0 saturated carbocycles. The van der Waals surface area contributed by atoms with E-state index in [1.54, 1.807) is 29.2 Å². The first-order valence-electron chi connectivity index (χ1n) is 22.9. The Hall–Kier alpha value is -6.55. The molecule has 6 aliphatic heterocycles. The topological polar surface area (TPSA) is 149 Å². The molecule has 4 atom stereocenters. The average molecular weight is 917 g/mol. The van der Waals surface area contributed by atoms with Crippen LogP contribution in [-0.2, 0) is 14.3 Å². The van der Waals surface area contributed by atoms with E-state index in [4.69, 9.17) is 14.2 Å². The van der Waals surface area contributed by atoms with Crippen molar-refractivity contribution in [1.82, 2.24) is 21.1 Å². The standard InChI is InChI=1S/C28H33FN4O4.C23H25FN4O2/c1-16(28(6)14-32(15-28)26(35)37-27(3,4)5)19-11-22-23(12-20(19)18-9-7-8-10-21(18)29)36-13-24-30-31-25(34)17(2)33(22)24;1-13(23(3)11-25-12-23)16-8-19-20(9-17(16)15-6-4-5-7-18(15)24)30-10-21-26-27-22(29)14(2)28(19)21/h7-12,16-17H,13-15H2,1-6H3,(H,31,34);4-9,13-14,25H,10-12H2,1-3H3,(H,27,29)/t16-,17-;13-,14-/m11/s1. The summed E-state index contributed by atoms with van der Waals surface area (Å²) in [5, 5.41) is 11.7. The number of carbonyl (C=O) groups excluding carboxylic acids is 3. The summed E-state index contributed by atoms with van der Waals surface area (Å²) < 4.78 is 47.4. The summed E-state index contributed by atoms with van der Waals surface area (Å²) in [5.41, 5.74) is 10.4. The van der Waals surface area contributed by atoms with Gasteiger partial charge in [0.25, 0.3) is 11.8 Å². The molecule has 6 heterocycles. The third-order valence-corrected chi connectivity index (χ3v) is 14.3. The van der Waals surface area contributed by atoms with Crippen LogP contribution in [0.25, 0.3) is 22.3 Å². The Morgan fingerprint density at radius 2 is 1.15 bits per heavy atom. The Morgan fingerprint density at radius 3 is 1.55 bits per heavy atom. The molecule has 0 radical (unpaired) electrons. The smallest absolute Gasteiger partial charge is 0.410 e. The number of hydrogen-bond donors (Lipinski definition) is 3. The number of likely N-dealkylation sites (tertiary alicyclic amines) is 1. The molecular formula is C51H58F2N8O6. The number of ether oxygens (including phenoxy) is 3. The van der Waals surface area contributed by atoms with Crippen LogP contribution < -0.4 is 35.4 Å². The maximum atomic E-state index is 15.1. The number of halogens is 2. The lowest BCUT2D eigenvalue weighted by Crippen LogP contribution is -2.59. The molecule has 2 saturated heterocycles. The summed E-state index contributed by atoms with van der Waals surface area (Å²) >= 11 is 0. The van der Waals surface area contributed by atoms with Gasteiger partial charge in [0.05, 0.1) is 11.4 Å². The zero-order chi connectivity index (χ0) is 47.7. The van der Waals surface area contributed by atoms with Gasteiger partial charge >= 0.3 is 6.09 Å². The van der Waals surface area contributed by atoms with Gasteiger partial charge in [0.15, 0.2) is 11.7 Å². The number of fused-ring (bicyclic) bond motifs is 6. The van der Waals surface area contributed by atoms with Gasteiger partial charge in [0, 0.05) is 42.7 Å². The second-order valence-electron chi connectivity index (χ2n) is 20.1. The van der Waals surface area contributed by atoms with Gasteiger partial charge < -0.3 is 34.2 Å². The SMILES string of the molecule is C[C@@H]1C(=O)NN=C2COc3cc(-c4ccccc4F)c([C@@H](C)C4(C)CN(C(=O)OC(C)(C)C)C4)cc3N21.C[C@@H]1C(=O)NN=C2COc3cc(-c4ccccc4F)c([C@@H](C)C4(C)CNC4)cc3N21. The highest BCUT2D eigenvalue weighted by atomic mass is 19.1. The molecule has 0 unspecified atom stereocenters. The van der Waals surface area contributed by atoms with Gasteiger partial charge in [-0.15, -0.1) is 0 Å². The van der Waals surface area contributed by atoms with Crippen LogP contribution in [0.15, 0.2) is 83.0 Å². The van der Waals surface area contributed by atoms with Gasteiger partial charge in [0.1, 0.15) is 54.0 Å². The van der Waals surface area contributed by atoms with E-state index in [1.165, 1.54) is 12.1 Å². The molecule has 4 aromatic rings. The zero-order valence-electron chi connectivity index (χ0n) is 39.4. The average Bonchev–Trinajstić information content (AvgIpc) is 3.27. The Labute approximate surface area is 389 Å². The van der Waals surface area contributed by atoms with E-state index in [0.29, 0.717) is 47.4 Å². The molecule has 0 aliphatic carbocycles. The van der Waals surface area contributed by atoms with Gasteiger partial charge in [-0.3, -0.25) is 9.59 Å². The van der Waals surface area contributed by atoms with Crippen LogP contribution in [0.2, 0.25) is 0 Å². The lowest BCUT2D eigenvalue weighted by Gasteiger charge is -2.51. The molecule has 3 amide bonds. The lowest BCUT2D eigenvalue weighted by atomic mass is 9.67. The number of hydrazone groups is 2. The third kappa shape index (κ3) is 8.23. The van der Waals surface area contributed by atoms with Gasteiger partial charge in [-0.05, 0) is 111 Å². The number of rotatable bonds is 6. The molecule has 0 bridgehead atoms. The van der Waals surface area contributed by atoms with Crippen molar-refractivity contribution in [3.8, 4) is 33.8 Å². The van der Waals surface area contributed by atoms with Crippen LogP contribution in [0, 0.1) is 22.5 Å². The van der Waals surface area contributed by atoms with Crippen LogP contribution in [0.1, 0.15) is 85.3 Å². The molecule has 14 nitrogen and oxygen atoms in total. The van der Waals surface area contributed by atoms with Crippen molar-refractivity contribution in [2.24, 2.45) is 21.0 Å². The molecular weight excluding hydrogens is 859 g/mol. The zero-order valence-corrected chi connectivity index (χ0v) is 39.4. The number of hydrogen-bond acceptors (Lipinski definition) is 11. The van der Waals surface area contributed by atoms with E-state index in [1.807, 2.05) is 74.8 Å². The largest absolute Gasteiger partial charge is 0.483 e. The first kappa shape index (κ1) is 45.6. The minimum Gasteiger partial charge on any atom is -0.483 e. The van der Waals surface area contributed by atoms with Crippen molar-refractivity contribution in [3.05, 3.63) is 95.6 Å². The molecule has 6 aliphatic rings. The summed E-state index contributed by atoms with van der Waals surface area (Å²) in [5.74, 6) is 1.67. The fourth-order valence-corrected chi connectivity index (χ4v) is 9.85. The predicted molar refractivity (Wildman–Crippen MR) is 253 cm³/mol. The Morgan fingerprint density at radius 1 is 0.716 bits per heavy atom. The summed E-state index contributed by atoms with van der Waals surface area (Å²) in [6, 6.07) is 20.5. The van der Waals surface area contributed by atoms with Gasteiger partial charge in [-0.2, -0.15) is 10.2 Å². The molecule has 352 valence electrons. The number of nitrogens with one attached hydrogen (secondary N) is 3. The molecule has 3 N–H and O–H groups in total. The number of anilines is 2. The minimum atomic E-state index is -0.568. The van der Waals surface area contributed by atoms with Crippen molar-refractivity contribution in [2.75, 3.05) is 49.2 Å². The van der Waals surface area contributed by atoms with E-state index in [0.717, 1.165) is 46.7 Å². The first-order chi connectivity index (χ1) is 31.8. The molecule has 16 heteroatoms. The van der Waals surface area contributed by atoms with Crippen LogP contribution in [0.5, 0.6) is 11.5 Å². The first-order valence-corrected chi connectivity index (χ1v) is 22.9. The van der Waals surface area contributed by atoms with Gasteiger partial charge in [0.2, 0.25) is 0 Å². The van der Waals surface area contributed by atoms with Crippen molar-refractivity contribution in [3.63, 3.8) is 0 Å². The maximum Gasteiger partial charge on any atom is 0.410 e. The summed E-state index contributed by atoms with van der Waals surface area (Å²) in [7, 11) is 0. The van der Waals surface area contributed by atoms with Crippen molar-refractivity contribution < 1.29 is 37.4 Å². The van der Waals surface area contributed by atoms with Crippen LogP contribution in [-0.4, -0.2) is 91.6 Å². The van der Waals surface area contributed by atoms with Crippen LogP contribution in [0.3, 0.4) is 0 Å². The normalized spacial score (nSPS) is 21.7. The minimum absolute atomic E-state index is 0.0534. The third-order valence-electron chi connectivity index (χ3n) is 14.3. The second kappa shape index (κ2) is 17.0. The number of nitrogens with zero attached hydrogens (tertiary/aromatic N) is 5. The Bertz CT molecular complexity index is 2730. The Balaban J connectivity index is 0.000000171. The van der Waals surface area contributed by atoms with Crippen LogP contribution in [0.4, 0.5) is 25.0 Å². The number of carbonyl (C=O) groups is 3.